The summed E-state index contributed by atoms with van der Waals surface area (Å²) < 4.78 is 9.82. The summed E-state index contributed by atoms with van der Waals surface area (Å²) >= 11 is 0. The van der Waals surface area contributed by atoms with Gasteiger partial charge in [0.1, 0.15) is 11.6 Å². The van der Waals surface area contributed by atoms with E-state index >= 15 is 0 Å². The zero-order chi connectivity index (χ0) is 11.9. The highest BCUT2D eigenvalue weighted by Gasteiger charge is 2.18. The van der Waals surface area contributed by atoms with Crippen molar-refractivity contribution < 1.29 is 14.3 Å². The van der Waals surface area contributed by atoms with Gasteiger partial charge < -0.3 is 14.8 Å². The lowest BCUT2D eigenvalue weighted by Crippen LogP contribution is -2.38. The summed E-state index contributed by atoms with van der Waals surface area (Å²) in [5, 5.41) is 11.2. The standard InChI is InChI=1S/C10H18N2O3/c1-10(2,3)15-9(13)12-8(7-11)5-6-14-4/h8H,5-6H2,1-4H3,(H,12,13). The molecule has 5 nitrogen and oxygen atoms in total. The normalized spacial score (nSPS) is 12.7. The first kappa shape index (κ1) is 13.7. The third-order valence-corrected chi connectivity index (χ3v) is 1.46. The molecule has 1 N–H and O–H groups in total. The van der Waals surface area contributed by atoms with E-state index in [1.807, 2.05) is 6.07 Å². The number of hydrogen-bond acceptors (Lipinski definition) is 4. The monoisotopic (exact) mass is 214 g/mol. The second-order valence-electron chi connectivity index (χ2n) is 4.11. The van der Waals surface area contributed by atoms with Gasteiger partial charge in [-0.1, -0.05) is 0 Å². The Kier molecular flexibility index (Phi) is 5.72. The lowest BCUT2D eigenvalue weighted by Gasteiger charge is -2.21. The van der Waals surface area contributed by atoms with E-state index in [-0.39, 0.29) is 0 Å². The maximum Gasteiger partial charge on any atom is 0.408 e. The Morgan fingerprint density at radius 3 is 2.53 bits per heavy atom. The summed E-state index contributed by atoms with van der Waals surface area (Å²) in [7, 11) is 1.54. The summed E-state index contributed by atoms with van der Waals surface area (Å²) in [6.45, 7) is 5.73. The molecule has 86 valence electrons. The van der Waals surface area contributed by atoms with Crippen molar-refractivity contribution in [1.82, 2.24) is 5.32 Å². The molecule has 5 heteroatoms. The second kappa shape index (κ2) is 6.25. The quantitative estimate of drug-likeness (QED) is 0.768. The first-order valence-corrected chi connectivity index (χ1v) is 4.77. The van der Waals surface area contributed by atoms with Crippen molar-refractivity contribution in [1.29, 1.82) is 5.26 Å². The maximum absolute atomic E-state index is 11.3. The molecule has 0 aromatic carbocycles. The van der Waals surface area contributed by atoms with Crippen LogP contribution >= 0.6 is 0 Å². The molecule has 0 radical (unpaired) electrons. The first-order chi connectivity index (χ1) is 6.89. The molecule has 0 rings (SSSR count). The molecule has 0 saturated heterocycles. The van der Waals surface area contributed by atoms with Crippen LogP contribution in [0.4, 0.5) is 4.79 Å². The van der Waals surface area contributed by atoms with Gasteiger partial charge in [0.25, 0.3) is 0 Å². The van der Waals surface area contributed by atoms with Gasteiger partial charge in [-0.15, -0.1) is 0 Å². The average Bonchev–Trinajstić information content (AvgIpc) is 2.09. The van der Waals surface area contributed by atoms with Crippen LogP contribution in [0, 0.1) is 11.3 Å². The summed E-state index contributed by atoms with van der Waals surface area (Å²) in [6, 6.07) is 1.39. The molecular weight excluding hydrogens is 196 g/mol. The molecule has 0 bridgehead atoms. The predicted molar refractivity (Wildman–Crippen MR) is 55.3 cm³/mol. The lowest BCUT2D eigenvalue weighted by molar-refractivity contribution is 0.0508. The van der Waals surface area contributed by atoms with Crippen molar-refractivity contribution in [3.63, 3.8) is 0 Å². The second-order valence-corrected chi connectivity index (χ2v) is 4.11. The van der Waals surface area contributed by atoms with E-state index < -0.39 is 17.7 Å². The maximum atomic E-state index is 11.3. The van der Waals surface area contributed by atoms with Gasteiger partial charge in [0.2, 0.25) is 0 Å². The molecule has 0 aliphatic heterocycles. The van der Waals surface area contributed by atoms with E-state index in [9.17, 15) is 4.79 Å². The van der Waals surface area contributed by atoms with E-state index in [0.717, 1.165) is 0 Å². The molecule has 0 aliphatic carbocycles. The van der Waals surface area contributed by atoms with Gasteiger partial charge in [0.05, 0.1) is 6.07 Å². The molecule has 0 heterocycles. The lowest BCUT2D eigenvalue weighted by atomic mass is 10.2. The number of hydrogen-bond donors (Lipinski definition) is 1. The van der Waals surface area contributed by atoms with Crippen LogP contribution in [0.25, 0.3) is 0 Å². The van der Waals surface area contributed by atoms with Crippen molar-refractivity contribution in [3.05, 3.63) is 0 Å². The Bertz CT molecular complexity index is 240. The van der Waals surface area contributed by atoms with E-state index in [0.29, 0.717) is 13.0 Å². The number of ether oxygens (including phenoxy) is 2. The number of carbonyl (C=O) groups excluding carboxylic acids is 1. The number of rotatable bonds is 4. The van der Waals surface area contributed by atoms with Crippen molar-refractivity contribution in [3.8, 4) is 6.07 Å². The van der Waals surface area contributed by atoms with Crippen molar-refractivity contribution in [2.45, 2.75) is 38.8 Å². The minimum Gasteiger partial charge on any atom is -0.444 e. The molecular formula is C10H18N2O3. The first-order valence-electron chi connectivity index (χ1n) is 4.77. The zero-order valence-electron chi connectivity index (χ0n) is 9.66. The third-order valence-electron chi connectivity index (χ3n) is 1.46. The molecule has 1 atom stereocenters. The number of amides is 1. The minimum absolute atomic E-state index is 0.425. The van der Waals surface area contributed by atoms with Crippen LogP contribution in [0.3, 0.4) is 0 Å². The van der Waals surface area contributed by atoms with E-state index in [4.69, 9.17) is 14.7 Å². The van der Waals surface area contributed by atoms with Gasteiger partial charge in [-0.3, -0.25) is 0 Å². The average molecular weight is 214 g/mol. The van der Waals surface area contributed by atoms with Crippen molar-refractivity contribution >= 4 is 6.09 Å². The highest BCUT2D eigenvalue weighted by atomic mass is 16.6. The number of carbonyl (C=O) groups is 1. The fourth-order valence-corrected chi connectivity index (χ4v) is 0.855. The van der Waals surface area contributed by atoms with E-state index in [1.54, 1.807) is 27.9 Å². The highest BCUT2D eigenvalue weighted by Crippen LogP contribution is 2.07. The Balaban J connectivity index is 3.98. The molecule has 0 aromatic heterocycles. The fourth-order valence-electron chi connectivity index (χ4n) is 0.855. The van der Waals surface area contributed by atoms with Gasteiger partial charge in [-0.2, -0.15) is 5.26 Å². The molecule has 0 saturated carbocycles. The summed E-state index contributed by atoms with van der Waals surface area (Å²) in [5.41, 5.74) is -0.550. The molecule has 0 aliphatic rings. The molecule has 1 unspecified atom stereocenters. The summed E-state index contributed by atoms with van der Waals surface area (Å²) in [4.78, 5) is 11.3. The van der Waals surface area contributed by atoms with Crippen LogP contribution in [0.15, 0.2) is 0 Å². The summed E-state index contributed by atoms with van der Waals surface area (Å²) in [6.07, 6.45) is -0.128. The molecule has 0 fully saturated rings. The fraction of sp³-hybridized carbons (Fsp3) is 0.800. The molecule has 15 heavy (non-hydrogen) atoms. The van der Waals surface area contributed by atoms with Gasteiger partial charge in [-0.05, 0) is 20.8 Å². The minimum atomic E-state index is -0.579. The van der Waals surface area contributed by atoms with Gasteiger partial charge in [0, 0.05) is 20.1 Å². The smallest absolute Gasteiger partial charge is 0.408 e. The number of nitrogens with zero attached hydrogens (tertiary/aromatic N) is 1. The van der Waals surface area contributed by atoms with Crippen LogP contribution < -0.4 is 5.32 Å². The topological polar surface area (TPSA) is 71.3 Å². The van der Waals surface area contributed by atoms with Crippen molar-refractivity contribution in [2.75, 3.05) is 13.7 Å². The number of nitriles is 1. The molecule has 0 spiro atoms. The highest BCUT2D eigenvalue weighted by molar-refractivity contribution is 5.68. The Morgan fingerprint density at radius 2 is 2.13 bits per heavy atom. The Morgan fingerprint density at radius 1 is 1.53 bits per heavy atom. The van der Waals surface area contributed by atoms with Crippen LogP contribution in [0.1, 0.15) is 27.2 Å². The van der Waals surface area contributed by atoms with Gasteiger partial charge >= 0.3 is 6.09 Å². The van der Waals surface area contributed by atoms with Crippen LogP contribution in [0.5, 0.6) is 0 Å². The Labute approximate surface area is 90.4 Å². The zero-order valence-corrected chi connectivity index (χ0v) is 9.66. The van der Waals surface area contributed by atoms with E-state index in [1.165, 1.54) is 0 Å². The van der Waals surface area contributed by atoms with E-state index in [2.05, 4.69) is 5.32 Å². The predicted octanol–water partition coefficient (Wildman–Crippen LogP) is 1.44. The van der Waals surface area contributed by atoms with Crippen LogP contribution in [-0.2, 0) is 9.47 Å². The number of alkyl carbamates (subject to hydrolysis) is 1. The molecule has 0 aromatic rings. The van der Waals surface area contributed by atoms with Crippen LogP contribution in [-0.4, -0.2) is 31.5 Å². The molecule has 1 amide bonds. The van der Waals surface area contributed by atoms with Crippen LogP contribution in [0.2, 0.25) is 0 Å². The van der Waals surface area contributed by atoms with Gasteiger partial charge in [-0.25, -0.2) is 4.79 Å². The SMILES string of the molecule is COCCC(C#N)NC(=O)OC(C)(C)C. The Hall–Kier alpha value is -1.28. The van der Waals surface area contributed by atoms with Gasteiger partial charge in [0.15, 0.2) is 0 Å². The third kappa shape index (κ3) is 7.77. The van der Waals surface area contributed by atoms with Crippen molar-refractivity contribution in [2.24, 2.45) is 0 Å². The number of nitrogens with one attached hydrogen (secondary N) is 1. The summed E-state index contributed by atoms with van der Waals surface area (Å²) in [5.74, 6) is 0. The largest absolute Gasteiger partial charge is 0.444 e. The number of methoxy groups -OCH3 is 1.